The van der Waals surface area contributed by atoms with Crippen LogP contribution in [-0.4, -0.2) is 18.3 Å². The Balaban J connectivity index is 3.43. The topological polar surface area (TPSA) is 90.2 Å². The van der Waals surface area contributed by atoms with Gasteiger partial charge in [0.15, 0.2) is 0 Å². The Kier molecular flexibility index (Phi) is 2.67. The summed E-state index contributed by atoms with van der Waals surface area (Å²) in [6.45, 7) is 0. The summed E-state index contributed by atoms with van der Waals surface area (Å²) in [5.74, 6) is -2.19. The van der Waals surface area contributed by atoms with Gasteiger partial charge in [-0.25, -0.2) is 8.42 Å². The van der Waals surface area contributed by atoms with Crippen LogP contribution in [0.4, 0.5) is 10.2 Å². The molecule has 76 valence electrons. The van der Waals surface area contributed by atoms with E-state index < -0.39 is 30.6 Å². The van der Waals surface area contributed by atoms with E-state index in [0.29, 0.717) is 12.1 Å². The van der Waals surface area contributed by atoms with Gasteiger partial charge >= 0.3 is 11.8 Å². The molecule has 0 saturated heterocycles. The summed E-state index contributed by atoms with van der Waals surface area (Å²) in [5, 5.41) is 10.2. The van der Waals surface area contributed by atoms with Crippen molar-refractivity contribution in [2.45, 2.75) is 4.90 Å². The summed E-state index contributed by atoms with van der Waals surface area (Å²) in [7, 11) is 0.669. The second kappa shape index (κ2) is 3.46. The first-order valence-electron chi connectivity index (χ1n) is 3.07. The maximum atomic E-state index is 12.6. The Bertz CT molecular complexity index is 489. The van der Waals surface area contributed by atoms with Crippen LogP contribution < -0.4 is 0 Å². The lowest BCUT2D eigenvalue weighted by molar-refractivity contribution is -0.390. The summed E-state index contributed by atoms with van der Waals surface area (Å²) in [6, 6.07) is 1.07. The van der Waals surface area contributed by atoms with Crippen molar-refractivity contribution in [1.82, 2.24) is 4.98 Å². The summed E-state index contributed by atoms with van der Waals surface area (Å²) in [5.41, 5.74) is 0. The number of halogens is 2. The zero-order valence-corrected chi connectivity index (χ0v) is 7.92. The van der Waals surface area contributed by atoms with E-state index in [0.717, 1.165) is 0 Å². The second-order valence-electron chi connectivity index (χ2n) is 2.18. The van der Waals surface area contributed by atoms with E-state index >= 15 is 0 Å². The van der Waals surface area contributed by atoms with E-state index in [1.165, 1.54) is 0 Å². The number of nitro groups is 1. The normalized spacial score (nSPS) is 11.3. The molecular formula is C5H2ClFN2O4S. The Morgan fingerprint density at radius 3 is 2.50 bits per heavy atom. The number of aromatic nitrogens is 1. The highest BCUT2D eigenvalue weighted by Crippen LogP contribution is 2.19. The highest BCUT2D eigenvalue weighted by atomic mass is 35.7. The summed E-state index contributed by atoms with van der Waals surface area (Å²) >= 11 is 0. The van der Waals surface area contributed by atoms with Gasteiger partial charge in [-0.3, -0.25) is 0 Å². The maximum Gasteiger partial charge on any atom is 0.368 e. The third-order valence-electron chi connectivity index (χ3n) is 1.22. The predicted octanol–water partition coefficient (Wildman–Crippen LogP) is 1.06. The molecule has 0 aliphatic rings. The quantitative estimate of drug-likeness (QED) is 0.334. The van der Waals surface area contributed by atoms with Crippen molar-refractivity contribution in [2.24, 2.45) is 0 Å². The van der Waals surface area contributed by atoms with Crippen LogP contribution >= 0.6 is 10.7 Å². The molecule has 1 aromatic rings. The third kappa shape index (κ3) is 2.36. The molecular weight excluding hydrogens is 239 g/mol. The fourth-order valence-corrected chi connectivity index (χ4v) is 1.45. The van der Waals surface area contributed by atoms with Crippen molar-refractivity contribution in [3.8, 4) is 0 Å². The van der Waals surface area contributed by atoms with Gasteiger partial charge in [-0.05, 0) is 9.91 Å². The monoisotopic (exact) mass is 240 g/mol. The average molecular weight is 241 g/mol. The van der Waals surface area contributed by atoms with Crippen molar-refractivity contribution in [2.75, 3.05) is 0 Å². The molecule has 0 fully saturated rings. The van der Waals surface area contributed by atoms with Crippen LogP contribution in [0.5, 0.6) is 0 Å². The Labute approximate surface area is 81.9 Å². The van der Waals surface area contributed by atoms with Gasteiger partial charge in [0.05, 0.1) is 11.0 Å². The minimum Gasteiger partial charge on any atom is -0.358 e. The van der Waals surface area contributed by atoms with Gasteiger partial charge in [0.1, 0.15) is 0 Å². The van der Waals surface area contributed by atoms with Crippen LogP contribution in [0.3, 0.4) is 0 Å². The lowest BCUT2D eigenvalue weighted by Gasteiger charge is -1.95. The molecule has 0 atom stereocenters. The van der Waals surface area contributed by atoms with Gasteiger partial charge in [0.2, 0.25) is 0 Å². The van der Waals surface area contributed by atoms with E-state index in [4.69, 9.17) is 10.7 Å². The molecule has 6 nitrogen and oxygen atoms in total. The number of hydrogen-bond acceptors (Lipinski definition) is 5. The van der Waals surface area contributed by atoms with E-state index in [9.17, 15) is 22.9 Å². The van der Waals surface area contributed by atoms with Crippen LogP contribution in [0.15, 0.2) is 17.0 Å². The van der Waals surface area contributed by atoms with Gasteiger partial charge in [-0.2, -0.15) is 4.39 Å². The fourth-order valence-electron chi connectivity index (χ4n) is 0.695. The van der Waals surface area contributed by atoms with Crippen molar-refractivity contribution in [3.05, 3.63) is 28.2 Å². The molecule has 0 amide bonds. The molecule has 0 unspecified atom stereocenters. The smallest absolute Gasteiger partial charge is 0.358 e. The third-order valence-corrected chi connectivity index (χ3v) is 2.56. The fraction of sp³-hybridized carbons (Fsp3) is 0. The largest absolute Gasteiger partial charge is 0.368 e. The molecule has 0 aliphatic carbocycles. The second-order valence-corrected chi connectivity index (χ2v) is 4.74. The van der Waals surface area contributed by atoms with Crippen molar-refractivity contribution in [1.29, 1.82) is 0 Å². The number of nitrogens with zero attached hydrogens (tertiary/aromatic N) is 2. The lowest BCUT2D eigenvalue weighted by atomic mass is 10.4. The molecule has 0 aromatic carbocycles. The first-order chi connectivity index (χ1) is 6.30. The van der Waals surface area contributed by atoms with Crippen LogP contribution in [0.25, 0.3) is 0 Å². The van der Waals surface area contributed by atoms with Crippen LogP contribution in [-0.2, 0) is 9.05 Å². The lowest BCUT2D eigenvalue weighted by Crippen LogP contribution is -1.99. The van der Waals surface area contributed by atoms with Gasteiger partial charge in [0.25, 0.3) is 9.05 Å². The zero-order chi connectivity index (χ0) is 10.9. The maximum absolute atomic E-state index is 12.6. The highest BCUT2D eigenvalue weighted by molar-refractivity contribution is 8.13. The van der Waals surface area contributed by atoms with E-state index in [2.05, 4.69) is 4.98 Å². The number of hydrogen-bond donors (Lipinski definition) is 0. The molecule has 0 bridgehead atoms. The summed E-state index contributed by atoms with van der Waals surface area (Å²) in [6.07, 6.45) is 0. The Morgan fingerprint density at radius 2 is 2.07 bits per heavy atom. The molecule has 0 saturated carbocycles. The van der Waals surface area contributed by atoms with Crippen molar-refractivity contribution in [3.63, 3.8) is 0 Å². The van der Waals surface area contributed by atoms with Gasteiger partial charge in [-0.1, -0.05) is 0 Å². The van der Waals surface area contributed by atoms with Crippen LogP contribution in [0, 0.1) is 16.1 Å². The molecule has 0 radical (unpaired) electrons. The van der Waals surface area contributed by atoms with E-state index in [1.54, 1.807) is 0 Å². The SMILES string of the molecule is O=[N+]([O-])c1cc(S(=O)(=O)Cl)cc(F)n1. The van der Waals surface area contributed by atoms with Gasteiger partial charge in [0, 0.05) is 16.7 Å². The molecule has 1 rings (SSSR count). The molecule has 0 spiro atoms. The summed E-state index contributed by atoms with van der Waals surface area (Å²) in [4.78, 5) is 11.3. The standard InChI is InChI=1S/C5H2ClFN2O4S/c6-14(12,13)3-1-4(7)8-5(2-3)9(10)11/h1-2H. The number of rotatable bonds is 2. The number of pyridine rings is 1. The first kappa shape index (κ1) is 10.8. The van der Waals surface area contributed by atoms with Crippen molar-refractivity contribution < 1.29 is 17.7 Å². The molecule has 0 aliphatic heterocycles. The Hall–Kier alpha value is -1.28. The molecule has 1 aromatic heterocycles. The van der Waals surface area contributed by atoms with Crippen molar-refractivity contribution >= 4 is 25.6 Å². The van der Waals surface area contributed by atoms with E-state index in [1.807, 2.05) is 0 Å². The highest BCUT2D eigenvalue weighted by Gasteiger charge is 2.19. The average Bonchev–Trinajstić information content (AvgIpc) is 2.01. The zero-order valence-electron chi connectivity index (χ0n) is 6.35. The molecule has 0 N–H and O–H groups in total. The van der Waals surface area contributed by atoms with Gasteiger partial charge < -0.3 is 10.1 Å². The summed E-state index contributed by atoms with van der Waals surface area (Å²) < 4.78 is 34.0. The molecule has 1 heterocycles. The van der Waals surface area contributed by atoms with Gasteiger partial charge in [-0.15, -0.1) is 0 Å². The predicted molar refractivity (Wildman–Crippen MR) is 43.9 cm³/mol. The molecule has 9 heteroatoms. The molecule has 14 heavy (non-hydrogen) atoms. The van der Waals surface area contributed by atoms with E-state index in [-0.39, 0.29) is 0 Å². The van der Waals surface area contributed by atoms with Crippen LogP contribution in [0.1, 0.15) is 0 Å². The minimum absolute atomic E-state index is 0.495. The first-order valence-corrected chi connectivity index (χ1v) is 5.38. The van der Waals surface area contributed by atoms with Crippen LogP contribution in [0.2, 0.25) is 0 Å². The Morgan fingerprint density at radius 1 is 1.50 bits per heavy atom. The minimum atomic E-state index is -4.19.